The lowest BCUT2D eigenvalue weighted by atomic mass is 9.97. The second kappa shape index (κ2) is 12.7. The molecule has 0 saturated carbocycles. The molecule has 2 N–H and O–H groups in total. The van der Waals surface area contributed by atoms with Gasteiger partial charge in [0, 0.05) is 56.2 Å². The number of anilines is 2. The highest BCUT2D eigenvalue weighted by Gasteiger charge is 2.37. The van der Waals surface area contributed by atoms with Gasteiger partial charge in [-0.1, -0.05) is 6.92 Å². The number of morpholine rings is 1. The summed E-state index contributed by atoms with van der Waals surface area (Å²) in [6, 6.07) is 5.21. The van der Waals surface area contributed by atoms with Crippen molar-refractivity contribution in [3.8, 4) is 0 Å². The highest BCUT2D eigenvalue weighted by atomic mass is 19.4. The van der Waals surface area contributed by atoms with Crippen LogP contribution in [0.4, 0.5) is 37.7 Å². The minimum Gasteiger partial charge on any atom is -0.379 e. The monoisotopic (exact) mass is 586 g/mol. The fourth-order valence-corrected chi connectivity index (χ4v) is 4.86. The second-order valence-electron chi connectivity index (χ2n) is 10.4. The van der Waals surface area contributed by atoms with E-state index in [4.69, 9.17) is 4.74 Å². The molecule has 0 spiro atoms. The number of ether oxygens (including phenoxy) is 1. The van der Waals surface area contributed by atoms with Gasteiger partial charge in [-0.15, -0.1) is 0 Å². The van der Waals surface area contributed by atoms with E-state index in [0.717, 1.165) is 25.9 Å². The van der Waals surface area contributed by atoms with E-state index in [1.54, 1.807) is 6.07 Å². The Morgan fingerprint density at radius 2 is 1.49 bits per heavy atom. The van der Waals surface area contributed by atoms with Crippen LogP contribution in [0.2, 0.25) is 0 Å². The summed E-state index contributed by atoms with van der Waals surface area (Å²) in [7, 11) is 0. The predicted octanol–water partition coefficient (Wildman–Crippen LogP) is 5.27. The van der Waals surface area contributed by atoms with Gasteiger partial charge in [0.25, 0.3) is 11.8 Å². The lowest BCUT2D eigenvalue weighted by Gasteiger charge is -2.33. The molecule has 2 aromatic carbocycles. The fourth-order valence-electron chi connectivity index (χ4n) is 4.86. The fraction of sp³-hybridized carbons (Fsp3) is 0.500. The summed E-state index contributed by atoms with van der Waals surface area (Å²) in [5.41, 5.74) is -3.04. The number of piperidine rings is 1. The van der Waals surface area contributed by atoms with Crippen LogP contribution in [0.1, 0.15) is 51.6 Å². The summed E-state index contributed by atoms with van der Waals surface area (Å²) < 4.78 is 85.0. The van der Waals surface area contributed by atoms with Crippen molar-refractivity contribution in [1.82, 2.24) is 10.2 Å². The molecule has 0 atom stereocenters. The number of carbonyl (C=O) groups excluding carboxylic acids is 2. The molecule has 224 valence electrons. The minimum absolute atomic E-state index is 0.0373. The summed E-state index contributed by atoms with van der Waals surface area (Å²) in [6.07, 6.45) is -8.33. The van der Waals surface area contributed by atoms with Crippen molar-refractivity contribution >= 4 is 23.2 Å². The normalized spacial score (nSPS) is 17.4. The Hall–Kier alpha value is -3.32. The van der Waals surface area contributed by atoms with Crippen LogP contribution in [-0.4, -0.2) is 69.2 Å². The van der Waals surface area contributed by atoms with Gasteiger partial charge in [-0.3, -0.25) is 14.5 Å². The van der Waals surface area contributed by atoms with Crippen LogP contribution >= 0.6 is 0 Å². The standard InChI is InChI=1S/C28H32F6N4O3/c1-18-4-7-38(8-5-18)24-3-2-22(17-23(24)26(40)35-6-9-37-10-12-41-13-11-37)36-25(39)19-14-20(27(29,30)31)16-21(15-19)28(32,33)34/h2-3,14-18H,4-13H2,1H3,(H,35,40)(H,36,39). The smallest absolute Gasteiger partial charge is 0.379 e. The van der Waals surface area contributed by atoms with E-state index in [-0.39, 0.29) is 17.3 Å². The summed E-state index contributed by atoms with van der Waals surface area (Å²) >= 11 is 0. The Kier molecular flexibility index (Phi) is 9.48. The van der Waals surface area contributed by atoms with Crippen molar-refractivity contribution < 1.29 is 40.7 Å². The number of nitrogens with zero attached hydrogens (tertiary/aromatic N) is 2. The van der Waals surface area contributed by atoms with Gasteiger partial charge in [-0.25, -0.2) is 0 Å². The number of hydrogen-bond donors (Lipinski definition) is 2. The topological polar surface area (TPSA) is 73.9 Å². The molecule has 2 amide bonds. The van der Waals surface area contributed by atoms with E-state index in [1.807, 2.05) is 0 Å². The molecule has 0 radical (unpaired) electrons. The van der Waals surface area contributed by atoms with Crippen LogP contribution in [0.5, 0.6) is 0 Å². The lowest BCUT2D eigenvalue weighted by Crippen LogP contribution is -2.41. The Morgan fingerprint density at radius 3 is 2.07 bits per heavy atom. The zero-order valence-electron chi connectivity index (χ0n) is 22.5. The van der Waals surface area contributed by atoms with E-state index >= 15 is 0 Å². The number of carbonyl (C=O) groups is 2. The van der Waals surface area contributed by atoms with E-state index < -0.39 is 40.9 Å². The molecule has 4 rings (SSSR count). The zero-order chi connectivity index (χ0) is 29.8. The van der Waals surface area contributed by atoms with Crippen molar-refractivity contribution in [3.63, 3.8) is 0 Å². The van der Waals surface area contributed by atoms with Crippen molar-refractivity contribution in [2.75, 3.05) is 62.7 Å². The first-order valence-corrected chi connectivity index (χ1v) is 13.4. The zero-order valence-corrected chi connectivity index (χ0v) is 22.5. The van der Waals surface area contributed by atoms with Crippen molar-refractivity contribution in [3.05, 3.63) is 58.7 Å². The van der Waals surface area contributed by atoms with Crippen LogP contribution < -0.4 is 15.5 Å². The molecular weight excluding hydrogens is 554 g/mol. The molecule has 0 bridgehead atoms. The van der Waals surface area contributed by atoms with E-state index in [1.165, 1.54) is 12.1 Å². The molecule has 0 unspecified atom stereocenters. The van der Waals surface area contributed by atoms with Crippen molar-refractivity contribution in [1.29, 1.82) is 0 Å². The van der Waals surface area contributed by atoms with E-state index in [2.05, 4.69) is 27.4 Å². The number of halogens is 6. The maximum absolute atomic E-state index is 13.3. The molecule has 0 aromatic heterocycles. The Morgan fingerprint density at radius 1 is 0.878 bits per heavy atom. The number of hydrogen-bond acceptors (Lipinski definition) is 5. The number of amides is 2. The molecule has 13 heteroatoms. The second-order valence-corrected chi connectivity index (χ2v) is 10.4. The average molecular weight is 587 g/mol. The van der Waals surface area contributed by atoms with Crippen LogP contribution in [0.25, 0.3) is 0 Å². The quantitative estimate of drug-likeness (QED) is 0.433. The highest BCUT2D eigenvalue weighted by Crippen LogP contribution is 2.36. The molecule has 0 aliphatic carbocycles. The minimum atomic E-state index is -5.09. The molecule has 2 aromatic rings. The Balaban J connectivity index is 1.57. The number of nitrogens with one attached hydrogen (secondary N) is 2. The predicted molar refractivity (Wildman–Crippen MR) is 141 cm³/mol. The van der Waals surface area contributed by atoms with Gasteiger partial charge in [0.1, 0.15) is 0 Å². The molecular formula is C28H32F6N4O3. The number of rotatable bonds is 7. The van der Waals surface area contributed by atoms with Gasteiger partial charge in [0.05, 0.1) is 29.9 Å². The van der Waals surface area contributed by atoms with Gasteiger partial charge in [0.15, 0.2) is 0 Å². The van der Waals surface area contributed by atoms with E-state index in [0.29, 0.717) is 63.1 Å². The largest absolute Gasteiger partial charge is 0.416 e. The molecule has 2 fully saturated rings. The third-order valence-corrected chi connectivity index (χ3v) is 7.29. The molecule has 2 aliphatic rings. The van der Waals surface area contributed by atoms with Crippen LogP contribution in [0, 0.1) is 5.92 Å². The molecule has 41 heavy (non-hydrogen) atoms. The summed E-state index contributed by atoms with van der Waals surface area (Å²) in [6.45, 7) is 7.27. The summed E-state index contributed by atoms with van der Waals surface area (Å²) in [5, 5.41) is 5.25. The maximum atomic E-state index is 13.3. The average Bonchev–Trinajstić information content (AvgIpc) is 2.93. The summed E-state index contributed by atoms with van der Waals surface area (Å²) in [5.74, 6) is -1.04. The van der Waals surface area contributed by atoms with Crippen LogP contribution in [0.15, 0.2) is 36.4 Å². The van der Waals surface area contributed by atoms with Gasteiger partial charge in [-0.2, -0.15) is 26.3 Å². The maximum Gasteiger partial charge on any atom is 0.416 e. The van der Waals surface area contributed by atoms with E-state index in [9.17, 15) is 35.9 Å². The molecule has 2 saturated heterocycles. The van der Waals surface area contributed by atoms with Gasteiger partial charge < -0.3 is 20.3 Å². The SMILES string of the molecule is CC1CCN(c2ccc(NC(=O)c3cc(C(F)(F)F)cc(C(F)(F)F)c3)cc2C(=O)NCCN2CCOCC2)CC1. The Labute approximate surface area is 233 Å². The first kappa shape index (κ1) is 30.6. The molecule has 2 heterocycles. The lowest BCUT2D eigenvalue weighted by molar-refractivity contribution is -0.143. The van der Waals surface area contributed by atoms with Crippen LogP contribution in [0.3, 0.4) is 0 Å². The highest BCUT2D eigenvalue weighted by molar-refractivity contribution is 6.06. The van der Waals surface area contributed by atoms with Gasteiger partial charge in [-0.05, 0) is 55.2 Å². The first-order valence-electron chi connectivity index (χ1n) is 13.4. The van der Waals surface area contributed by atoms with Gasteiger partial charge in [0.2, 0.25) is 0 Å². The van der Waals surface area contributed by atoms with Gasteiger partial charge >= 0.3 is 12.4 Å². The number of alkyl halides is 6. The first-order chi connectivity index (χ1) is 19.3. The van der Waals surface area contributed by atoms with Crippen LogP contribution in [-0.2, 0) is 17.1 Å². The number of benzene rings is 2. The summed E-state index contributed by atoms with van der Waals surface area (Å²) in [4.78, 5) is 30.4. The van der Waals surface area contributed by atoms with Crippen molar-refractivity contribution in [2.24, 2.45) is 5.92 Å². The molecule has 7 nitrogen and oxygen atoms in total. The Bertz CT molecular complexity index is 1200. The van der Waals surface area contributed by atoms with Crippen molar-refractivity contribution in [2.45, 2.75) is 32.1 Å². The molecule has 2 aliphatic heterocycles. The third kappa shape index (κ3) is 8.13. The third-order valence-electron chi connectivity index (χ3n) is 7.29.